The fourth-order valence-corrected chi connectivity index (χ4v) is 5.87. The van der Waals surface area contributed by atoms with Gasteiger partial charge >= 0.3 is 6.18 Å². The van der Waals surface area contributed by atoms with Crippen molar-refractivity contribution in [2.75, 3.05) is 36.4 Å². The number of nitro groups is 1. The summed E-state index contributed by atoms with van der Waals surface area (Å²) in [5.41, 5.74) is 0.736. The molecular formula is C31H41F3N4O3. The molecule has 0 bridgehead atoms. The molecular weight excluding hydrogens is 533 g/mol. The molecule has 0 aliphatic carbocycles. The zero-order valence-electron chi connectivity index (χ0n) is 24.2. The van der Waals surface area contributed by atoms with Crippen LogP contribution in [0.1, 0.15) is 76.8 Å². The standard InChI is InChI=1S/C31H41F3N4O3/c1-30(2,3)23-7-10-26(11-8-23)36-17-13-22(14-18-36)5-4-6-29(39)37-19-15-24(16-20-37)35-25-9-12-28(38(40)41)27(21-25)31(32,33)34/h7-12,21-22,24,35H,4-6,13-20H2,1-3H3. The van der Waals surface area contributed by atoms with Gasteiger partial charge in [0.2, 0.25) is 5.91 Å². The number of carbonyl (C=O) groups is 1. The van der Waals surface area contributed by atoms with Crippen LogP contribution in [0.5, 0.6) is 0 Å². The number of alkyl halides is 3. The van der Waals surface area contributed by atoms with Gasteiger partial charge in [-0.2, -0.15) is 13.2 Å². The van der Waals surface area contributed by atoms with Gasteiger partial charge in [-0.05, 0) is 79.7 Å². The Morgan fingerprint density at radius 2 is 1.61 bits per heavy atom. The third-order valence-electron chi connectivity index (χ3n) is 8.43. The zero-order chi connectivity index (χ0) is 29.8. The van der Waals surface area contributed by atoms with Crippen LogP contribution < -0.4 is 10.2 Å². The molecule has 0 radical (unpaired) electrons. The van der Waals surface area contributed by atoms with E-state index < -0.39 is 22.4 Å². The van der Waals surface area contributed by atoms with Crippen molar-refractivity contribution in [2.24, 2.45) is 5.92 Å². The van der Waals surface area contributed by atoms with Gasteiger partial charge in [0.25, 0.3) is 5.69 Å². The molecule has 4 rings (SSSR count). The summed E-state index contributed by atoms with van der Waals surface area (Å²) in [4.78, 5) is 27.1. The van der Waals surface area contributed by atoms with Crippen LogP contribution in [0, 0.1) is 16.0 Å². The van der Waals surface area contributed by atoms with Gasteiger partial charge in [0.1, 0.15) is 5.56 Å². The maximum absolute atomic E-state index is 13.3. The number of nitrogens with zero attached hydrogens (tertiary/aromatic N) is 3. The van der Waals surface area contributed by atoms with Gasteiger partial charge in [0.15, 0.2) is 0 Å². The van der Waals surface area contributed by atoms with Gasteiger partial charge < -0.3 is 15.1 Å². The van der Waals surface area contributed by atoms with Crippen molar-refractivity contribution < 1.29 is 22.9 Å². The van der Waals surface area contributed by atoms with Crippen molar-refractivity contribution in [1.29, 1.82) is 0 Å². The number of rotatable bonds is 8. The van der Waals surface area contributed by atoms with Crippen LogP contribution in [0.25, 0.3) is 0 Å². The molecule has 1 amide bonds. The number of hydrogen-bond donors (Lipinski definition) is 1. The number of benzene rings is 2. The van der Waals surface area contributed by atoms with Gasteiger partial charge in [-0.25, -0.2) is 0 Å². The van der Waals surface area contributed by atoms with Crippen molar-refractivity contribution >= 4 is 23.0 Å². The molecule has 0 saturated carbocycles. The molecule has 2 aromatic carbocycles. The van der Waals surface area contributed by atoms with Crippen molar-refractivity contribution in [2.45, 2.75) is 83.4 Å². The quantitative estimate of drug-likeness (QED) is 0.263. The van der Waals surface area contributed by atoms with Crippen LogP contribution in [0.4, 0.5) is 30.2 Å². The van der Waals surface area contributed by atoms with Crippen molar-refractivity contribution in [1.82, 2.24) is 4.90 Å². The highest BCUT2D eigenvalue weighted by atomic mass is 19.4. The maximum Gasteiger partial charge on any atom is 0.423 e. The Kier molecular flexibility index (Phi) is 9.49. The number of piperidine rings is 2. The van der Waals surface area contributed by atoms with E-state index in [4.69, 9.17) is 0 Å². The molecule has 2 aliphatic heterocycles. The molecule has 0 spiro atoms. The Morgan fingerprint density at radius 1 is 0.976 bits per heavy atom. The van der Waals surface area contributed by atoms with E-state index >= 15 is 0 Å². The summed E-state index contributed by atoms with van der Waals surface area (Å²) in [6.45, 7) is 9.83. The lowest BCUT2D eigenvalue weighted by Crippen LogP contribution is -2.42. The van der Waals surface area contributed by atoms with Crippen LogP contribution in [0.15, 0.2) is 42.5 Å². The first-order chi connectivity index (χ1) is 19.3. The van der Waals surface area contributed by atoms with E-state index in [1.807, 2.05) is 4.90 Å². The predicted molar refractivity (Wildman–Crippen MR) is 155 cm³/mol. The Balaban J connectivity index is 1.16. The average Bonchev–Trinajstić information content (AvgIpc) is 2.93. The van der Waals surface area contributed by atoms with Crippen LogP contribution in [0.3, 0.4) is 0 Å². The van der Waals surface area contributed by atoms with Crippen molar-refractivity contribution in [3.8, 4) is 0 Å². The maximum atomic E-state index is 13.3. The lowest BCUT2D eigenvalue weighted by Gasteiger charge is -2.34. The van der Waals surface area contributed by atoms with Gasteiger partial charge in [0.05, 0.1) is 4.92 Å². The SMILES string of the molecule is CC(C)(C)c1ccc(N2CCC(CCCC(=O)N3CCC(Nc4ccc([N+](=O)[O-])c(C(F)(F)F)c4)CC3)CC2)cc1. The van der Waals surface area contributed by atoms with Crippen LogP contribution in [-0.2, 0) is 16.4 Å². The summed E-state index contributed by atoms with van der Waals surface area (Å²) in [6.07, 6.45) is 1.09. The second-order valence-electron chi connectivity index (χ2n) is 12.4. The number of nitro benzene ring substituents is 1. The first kappa shape index (κ1) is 30.7. The largest absolute Gasteiger partial charge is 0.423 e. The highest BCUT2D eigenvalue weighted by molar-refractivity contribution is 5.76. The number of likely N-dealkylation sites (tertiary alicyclic amines) is 1. The van der Waals surface area contributed by atoms with Crippen LogP contribution in [-0.4, -0.2) is 48.0 Å². The highest BCUT2D eigenvalue weighted by Crippen LogP contribution is 2.38. The molecule has 2 saturated heterocycles. The van der Waals surface area contributed by atoms with E-state index in [1.165, 1.54) is 17.3 Å². The summed E-state index contributed by atoms with van der Waals surface area (Å²) in [5, 5.41) is 14.0. The van der Waals surface area contributed by atoms with E-state index in [2.05, 4.69) is 55.3 Å². The Hall–Kier alpha value is -3.30. The number of nitrogens with one attached hydrogen (secondary N) is 1. The second kappa shape index (κ2) is 12.7. The molecule has 2 aromatic rings. The normalized spacial score (nSPS) is 17.5. The van der Waals surface area contributed by atoms with Gasteiger partial charge in [-0.1, -0.05) is 32.9 Å². The minimum atomic E-state index is -4.81. The number of amides is 1. The molecule has 0 aromatic heterocycles. The van der Waals surface area contributed by atoms with E-state index in [0.29, 0.717) is 38.3 Å². The zero-order valence-corrected chi connectivity index (χ0v) is 24.2. The Labute approximate surface area is 240 Å². The molecule has 2 fully saturated rings. The topological polar surface area (TPSA) is 78.7 Å². The predicted octanol–water partition coefficient (Wildman–Crippen LogP) is 7.40. The summed E-state index contributed by atoms with van der Waals surface area (Å²) < 4.78 is 39.8. The summed E-state index contributed by atoms with van der Waals surface area (Å²) in [5.74, 6) is 0.764. The number of hydrogen-bond acceptors (Lipinski definition) is 5. The second-order valence-corrected chi connectivity index (χ2v) is 12.4. The molecule has 7 nitrogen and oxygen atoms in total. The van der Waals surface area contributed by atoms with E-state index in [0.717, 1.165) is 50.9 Å². The smallest absolute Gasteiger partial charge is 0.382 e. The minimum absolute atomic E-state index is 0.101. The van der Waals surface area contributed by atoms with Crippen molar-refractivity contribution in [3.63, 3.8) is 0 Å². The Morgan fingerprint density at radius 3 is 2.17 bits per heavy atom. The number of anilines is 2. The molecule has 2 aliphatic rings. The lowest BCUT2D eigenvalue weighted by atomic mass is 9.87. The van der Waals surface area contributed by atoms with E-state index in [-0.39, 0.29) is 23.1 Å². The molecule has 2 heterocycles. The van der Waals surface area contributed by atoms with Crippen molar-refractivity contribution in [3.05, 3.63) is 63.7 Å². The molecule has 41 heavy (non-hydrogen) atoms. The third-order valence-corrected chi connectivity index (χ3v) is 8.43. The fraction of sp³-hybridized carbons (Fsp3) is 0.581. The third kappa shape index (κ3) is 8.14. The summed E-state index contributed by atoms with van der Waals surface area (Å²) in [7, 11) is 0. The first-order valence-corrected chi connectivity index (χ1v) is 14.6. The number of carbonyl (C=O) groups excluding carboxylic acids is 1. The number of halogens is 3. The monoisotopic (exact) mass is 574 g/mol. The summed E-state index contributed by atoms with van der Waals surface area (Å²) in [6, 6.07) is 11.8. The highest BCUT2D eigenvalue weighted by Gasteiger charge is 2.38. The van der Waals surface area contributed by atoms with Gasteiger partial charge in [0, 0.05) is 56.1 Å². The van der Waals surface area contributed by atoms with E-state index in [9.17, 15) is 28.1 Å². The molecule has 0 unspecified atom stereocenters. The van der Waals surface area contributed by atoms with Gasteiger partial charge in [-0.3, -0.25) is 14.9 Å². The Bertz CT molecular complexity index is 1190. The molecule has 224 valence electrons. The van der Waals surface area contributed by atoms with Crippen LogP contribution in [0.2, 0.25) is 0 Å². The first-order valence-electron chi connectivity index (χ1n) is 14.6. The molecule has 0 atom stereocenters. The minimum Gasteiger partial charge on any atom is -0.382 e. The average molecular weight is 575 g/mol. The fourth-order valence-electron chi connectivity index (χ4n) is 5.87. The lowest BCUT2D eigenvalue weighted by molar-refractivity contribution is -0.388. The van der Waals surface area contributed by atoms with Gasteiger partial charge in [-0.15, -0.1) is 0 Å². The van der Waals surface area contributed by atoms with E-state index in [1.54, 1.807) is 0 Å². The molecule has 1 N–H and O–H groups in total. The molecule has 10 heteroatoms. The van der Waals surface area contributed by atoms with Crippen LogP contribution >= 0.6 is 0 Å². The summed E-state index contributed by atoms with van der Waals surface area (Å²) >= 11 is 0.